The first-order chi connectivity index (χ1) is 9.79. The van der Waals surface area contributed by atoms with Crippen LogP contribution in [-0.2, 0) is 6.42 Å². The molecule has 0 saturated carbocycles. The molecule has 1 aromatic carbocycles. The summed E-state index contributed by atoms with van der Waals surface area (Å²) in [5.41, 5.74) is 2.68. The molecule has 3 heteroatoms. The number of nitrogens with zero attached hydrogens (tertiary/aromatic N) is 1. The van der Waals surface area contributed by atoms with Crippen molar-refractivity contribution in [3.05, 3.63) is 29.3 Å². The highest BCUT2D eigenvalue weighted by molar-refractivity contribution is 5.37. The zero-order valence-corrected chi connectivity index (χ0v) is 13.0. The van der Waals surface area contributed by atoms with Crippen molar-refractivity contribution >= 4 is 0 Å². The first-order valence-electron chi connectivity index (χ1n) is 7.95. The summed E-state index contributed by atoms with van der Waals surface area (Å²) in [5, 5.41) is 3.46. The van der Waals surface area contributed by atoms with E-state index in [4.69, 9.17) is 4.74 Å². The maximum atomic E-state index is 5.73. The molecule has 0 radical (unpaired) electrons. The van der Waals surface area contributed by atoms with Crippen LogP contribution in [0.15, 0.2) is 18.2 Å². The van der Waals surface area contributed by atoms with Gasteiger partial charge in [-0.05, 0) is 64.4 Å². The zero-order valence-electron chi connectivity index (χ0n) is 13.0. The fourth-order valence-corrected chi connectivity index (χ4v) is 2.82. The standard InChI is InChI=1S/C17H28N2O/c1-3-20-17-8-7-15(2)14-16(17)6-4-11-19-12-5-9-18-10-13-19/h7-8,14,18H,3-6,9-13H2,1-2H3. The van der Waals surface area contributed by atoms with Gasteiger partial charge in [0.15, 0.2) is 0 Å². The van der Waals surface area contributed by atoms with E-state index in [0.717, 1.165) is 25.3 Å². The summed E-state index contributed by atoms with van der Waals surface area (Å²) < 4.78 is 5.73. The monoisotopic (exact) mass is 276 g/mol. The molecule has 1 fully saturated rings. The van der Waals surface area contributed by atoms with Crippen LogP contribution in [-0.4, -0.2) is 44.2 Å². The molecule has 3 nitrogen and oxygen atoms in total. The summed E-state index contributed by atoms with van der Waals surface area (Å²) in [4.78, 5) is 2.58. The van der Waals surface area contributed by atoms with E-state index in [1.807, 2.05) is 6.92 Å². The van der Waals surface area contributed by atoms with Gasteiger partial charge in [-0.2, -0.15) is 0 Å². The Morgan fingerprint density at radius 3 is 3.00 bits per heavy atom. The van der Waals surface area contributed by atoms with Crippen molar-refractivity contribution < 1.29 is 4.74 Å². The molecule has 0 spiro atoms. The summed E-state index contributed by atoms with van der Waals surface area (Å²) >= 11 is 0. The van der Waals surface area contributed by atoms with Gasteiger partial charge in [0.25, 0.3) is 0 Å². The summed E-state index contributed by atoms with van der Waals surface area (Å²) in [6.07, 6.45) is 3.60. The van der Waals surface area contributed by atoms with Crippen LogP contribution in [0, 0.1) is 6.92 Å². The van der Waals surface area contributed by atoms with Gasteiger partial charge < -0.3 is 15.0 Å². The lowest BCUT2D eigenvalue weighted by molar-refractivity contribution is 0.287. The highest BCUT2D eigenvalue weighted by Crippen LogP contribution is 2.21. The molecule has 1 N–H and O–H groups in total. The van der Waals surface area contributed by atoms with Crippen LogP contribution in [0.5, 0.6) is 5.75 Å². The fraction of sp³-hybridized carbons (Fsp3) is 0.647. The van der Waals surface area contributed by atoms with Crippen LogP contribution in [0.3, 0.4) is 0 Å². The first-order valence-corrected chi connectivity index (χ1v) is 7.95. The van der Waals surface area contributed by atoms with E-state index in [9.17, 15) is 0 Å². The molecule has 0 unspecified atom stereocenters. The number of rotatable bonds is 6. The van der Waals surface area contributed by atoms with Gasteiger partial charge in [-0.1, -0.05) is 17.7 Å². The number of aryl methyl sites for hydroxylation is 2. The number of benzene rings is 1. The molecular formula is C17H28N2O. The first kappa shape index (κ1) is 15.3. The number of hydrogen-bond acceptors (Lipinski definition) is 3. The van der Waals surface area contributed by atoms with Crippen LogP contribution in [0.25, 0.3) is 0 Å². The maximum absolute atomic E-state index is 5.73. The molecule has 1 saturated heterocycles. The third-order valence-electron chi connectivity index (χ3n) is 3.87. The van der Waals surface area contributed by atoms with E-state index < -0.39 is 0 Å². The van der Waals surface area contributed by atoms with Gasteiger partial charge in [-0.15, -0.1) is 0 Å². The Labute approximate surface area is 123 Å². The lowest BCUT2D eigenvalue weighted by Crippen LogP contribution is -2.29. The molecule has 112 valence electrons. The van der Waals surface area contributed by atoms with Crippen LogP contribution >= 0.6 is 0 Å². The predicted molar refractivity (Wildman–Crippen MR) is 84.6 cm³/mol. The molecule has 1 aliphatic rings. The lowest BCUT2D eigenvalue weighted by atomic mass is 10.1. The highest BCUT2D eigenvalue weighted by atomic mass is 16.5. The molecule has 0 aliphatic carbocycles. The molecule has 1 aromatic rings. The smallest absolute Gasteiger partial charge is 0.122 e. The largest absolute Gasteiger partial charge is 0.494 e. The minimum atomic E-state index is 0.744. The molecular weight excluding hydrogens is 248 g/mol. The minimum absolute atomic E-state index is 0.744. The van der Waals surface area contributed by atoms with Gasteiger partial charge in [0, 0.05) is 13.1 Å². The predicted octanol–water partition coefficient (Wildman–Crippen LogP) is 2.62. The molecule has 0 aromatic heterocycles. The van der Waals surface area contributed by atoms with Crippen LogP contribution in [0.4, 0.5) is 0 Å². The number of hydrogen-bond donors (Lipinski definition) is 1. The zero-order chi connectivity index (χ0) is 14.2. The maximum Gasteiger partial charge on any atom is 0.122 e. The third kappa shape index (κ3) is 4.80. The molecule has 2 rings (SSSR count). The van der Waals surface area contributed by atoms with Crippen molar-refractivity contribution in [2.24, 2.45) is 0 Å². The van der Waals surface area contributed by atoms with Crippen LogP contribution in [0.1, 0.15) is 30.9 Å². The summed E-state index contributed by atoms with van der Waals surface area (Å²) in [6.45, 7) is 10.9. The normalized spacial score (nSPS) is 16.9. The second kappa shape index (κ2) is 8.28. The van der Waals surface area contributed by atoms with Crippen molar-refractivity contribution in [1.82, 2.24) is 10.2 Å². The van der Waals surface area contributed by atoms with Gasteiger partial charge >= 0.3 is 0 Å². The Hall–Kier alpha value is -1.06. The Morgan fingerprint density at radius 1 is 1.25 bits per heavy atom. The second-order valence-corrected chi connectivity index (χ2v) is 5.59. The minimum Gasteiger partial charge on any atom is -0.494 e. The van der Waals surface area contributed by atoms with Crippen LogP contribution in [0.2, 0.25) is 0 Å². The Balaban J connectivity index is 1.84. The Bertz CT molecular complexity index is 398. The van der Waals surface area contributed by atoms with Crippen molar-refractivity contribution in [1.29, 1.82) is 0 Å². The van der Waals surface area contributed by atoms with Crippen molar-refractivity contribution in [2.75, 3.05) is 39.3 Å². The topological polar surface area (TPSA) is 24.5 Å². The van der Waals surface area contributed by atoms with E-state index in [2.05, 4.69) is 35.3 Å². The number of ether oxygens (including phenoxy) is 1. The van der Waals surface area contributed by atoms with Gasteiger partial charge in [0.05, 0.1) is 6.61 Å². The quantitative estimate of drug-likeness (QED) is 0.864. The van der Waals surface area contributed by atoms with Gasteiger partial charge in [-0.3, -0.25) is 0 Å². The average Bonchev–Trinajstić information content (AvgIpc) is 2.71. The molecule has 1 heterocycles. The Morgan fingerprint density at radius 2 is 2.15 bits per heavy atom. The summed E-state index contributed by atoms with van der Waals surface area (Å²) in [7, 11) is 0. The summed E-state index contributed by atoms with van der Waals surface area (Å²) in [5.74, 6) is 1.07. The molecule has 20 heavy (non-hydrogen) atoms. The van der Waals surface area contributed by atoms with E-state index in [0.29, 0.717) is 0 Å². The van der Waals surface area contributed by atoms with E-state index in [-0.39, 0.29) is 0 Å². The van der Waals surface area contributed by atoms with E-state index in [1.54, 1.807) is 0 Å². The number of nitrogens with one attached hydrogen (secondary N) is 1. The van der Waals surface area contributed by atoms with E-state index in [1.165, 1.54) is 50.1 Å². The van der Waals surface area contributed by atoms with Crippen molar-refractivity contribution in [2.45, 2.75) is 33.1 Å². The third-order valence-corrected chi connectivity index (χ3v) is 3.87. The van der Waals surface area contributed by atoms with Gasteiger partial charge in [0.2, 0.25) is 0 Å². The molecule has 0 atom stereocenters. The molecule has 1 aliphatic heterocycles. The average molecular weight is 276 g/mol. The van der Waals surface area contributed by atoms with Crippen molar-refractivity contribution in [3.8, 4) is 5.75 Å². The summed E-state index contributed by atoms with van der Waals surface area (Å²) in [6, 6.07) is 6.52. The SMILES string of the molecule is CCOc1ccc(C)cc1CCCN1CCCNCC1. The Kier molecular flexibility index (Phi) is 6.34. The molecule has 0 amide bonds. The highest BCUT2D eigenvalue weighted by Gasteiger charge is 2.09. The van der Waals surface area contributed by atoms with Crippen molar-refractivity contribution in [3.63, 3.8) is 0 Å². The molecule has 0 bridgehead atoms. The van der Waals surface area contributed by atoms with Crippen LogP contribution < -0.4 is 10.1 Å². The lowest BCUT2D eigenvalue weighted by Gasteiger charge is -2.19. The van der Waals surface area contributed by atoms with Gasteiger partial charge in [0.1, 0.15) is 5.75 Å². The fourth-order valence-electron chi connectivity index (χ4n) is 2.82. The van der Waals surface area contributed by atoms with E-state index >= 15 is 0 Å². The van der Waals surface area contributed by atoms with Gasteiger partial charge in [-0.25, -0.2) is 0 Å². The second-order valence-electron chi connectivity index (χ2n) is 5.59.